The predicted molar refractivity (Wildman–Crippen MR) is 87.1 cm³/mol. The quantitative estimate of drug-likeness (QED) is 0.918. The van der Waals surface area contributed by atoms with Crippen molar-refractivity contribution in [1.82, 2.24) is 10.2 Å². The second-order valence-electron chi connectivity index (χ2n) is 7.52. The Morgan fingerprint density at radius 2 is 1.95 bits per heavy atom. The van der Waals surface area contributed by atoms with Crippen LogP contribution in [0.25, 0.3) is 0 Å². The van der Waals surface area contributed by atoms with Gasteiger partial charge >= 0.3 is 0 Å². The van der Waals surface area contributed by atoms with E-state index in [4.69, 9.17) is 0 Å². The molecule has 4 heteroatoms. The second-order valence-corrected chi connectivity index (χ2v) is 8.50. The van der Waals surface area contributed by atoms with Crippen LogP contribution in [0, 0.1) is 10.8 Å². The average Bonchev–Trinajstić information content (AvgIpc) is 2.89. The van der Waals surface area contributed by atoms with E-state index in [1.165, 1.54) is 4.88 Å². The Hall–Kier alpha value is -0.870. The van der Waals surface area contributed by atoms with Crippen molar-refractivity contribution in [3.8, 4) is 0 Å². The molecule has 0 spiro atoms. The molecule has 2 atom stereocenters. The molecule has 0 aromatic carbocycles. The van der Waals surface area contributed by atoms with Crippen LogP contribution in [0.4, 0.5) is 0 Å². The maximum atomic E-state index is 12.9. The lowest BCUT2D eigenvalue weighted by Gasteiger charge is -2.26. The molecule has 3 rings (SSSR count). The molecule has 1 aromatic heterocycles. The van der Waals surface area contributed by atoms with Crippen molar-refractivity contribution in [1.29, 1.82) is 0 Å². The number of nitrogens with one attached hydrogen (secondary N) is 1. The van der Waals surface area contributed by atoms with Gasteiger partial charge in [0.25, 0.3) is 0 Å². The summed E-state index contributed by atoms with van der Waals surface area (Å²) < 4.78 is 0. The van der Waals surface area contributed by atoms with Crippen molar-refractivity contribution in [3.63, 3.8) is 0 Å². The zero-order chi connectivity index (χ0) is 15.4. The Bertz CT molecular complexity index is 521. The minimum atomic E-state index is -0.0192. The van der Waals surface area contributed by atoms with Gasteiger partial charge in [0, 0.05) is 10.9 Å². The number of carbonyl (C=O) groups is 1. The molecule has 3 nitrogen and oxygen atoms in total. The normalized spacial score (nSPS) is 30.9. The number of amides is 1. The van der Waals surface area contributed by atoms with Gasteiger partial charge in [0.2, 0.25) is 5.91 Å². The molecule has 1 N–H and O–H groups in total. The molecule has 2 heterocycles. The molecule has 2 aliphatic rings. The van der Waals surface area contributed by atoms with E-state index in [0.29, 0.717) is 11.9 Å². The summed E-state index contributed by atoms with van der Waals surface area (Å²) in [6.07, 6.45) is 2.01. The zero-order valence-corrected chi connectivity index (χ0v) is 14.5. The summed E-state index contributed by atoms with van der Waals surface area (Å²) in [5.74, 6) is 0.291. The van der Waals surface area contributed by atoms with Gasteiger partial charge in [-0.15, -0.1) is 11.3 Å². The van der Waals surface area contributed by atoms with Gasteiger partial charge in [-0.3, -0.25) is 10.1 Å². The van der Waals surface area contributed by atoms with Gasteiger partial charge in [0.1, 0.15) is 6.17 Å². The molecule has 0 bridgehead atoms. The van der Waals surface area contributed by atoms with E-state index < -0.39 is 0 Å². The molecule has 1 aliphatic heterocycles. The van der Waals surface area contributed by atoms with Gasteiger partial charge in [0.05, 0.1) is 6.04 Å². The van der Waals surface area contributed by atoms with Crippen LogP contribution in [0.3, 0.4) is 0 Å². The van der Waals surface area contributed by atoms with E-state index in [1.54, 1.807) is 11.3 Å². The molecule has 2 unspecified atom stereocenters. The highest BCUT2D eigenvalue weighted by Crippen LogP contribution is 2.66. The summed E-state index contributed by atoms with van der Waals surface area (Å²) in [7, 11) is 0. The fraction of sp³-hybridized carbons (Fsp3) is 0.706. The lowest BCUT2D eigenvalue weighted by Crippen LogP contribution is -2.36. The molecule has 1 amide bonds. The molecule has 1 saturated heterocycles. The van der Waals surface area contributed by atoms with Crippen molar-refractivity contribution in [2.75, 3.05) is 0 Å². The molecule has 2 fully saturated rings. The van der Waals surface area contributed by atoms with Crippen LogP contribution in [-0.2, 0) is 4.79 Å². The number of hydrogen-bond donors (Lipinski definition) is 1. The SMILES string of the molecule is CCCC1NC(c2cccs2)N(C2C(C)(C)C2(C)C)C1=O. The van der Waals surface area contributed by atoms with Crippen LogP contribution in [0.5, 0.6) is 0 Å². The molecule has 1 aromatic rings. The third-order valence-electron chi connectivity index (χ3n) is 5.80. The molecular weight excluding hydrogens is 280 g/mol. The first-order valence-electron chi connectivity index (χ1n) is 7.94. The molecule has 116 valence electrons. The summed E-state index contributed by atoms with van der Waals surface area (Å²) in [5, 5.41) is 5.67. The Morgan fingerprint density at radius 3 is 2.43 bits per heavy atom. The Morgan fingerprint density at radius 1 is 1.29 bits per heavy atom. The molecular formula is C17H26N2OS. The maximum Gasteiger partial charge on any atom is 0.241 e. The first kappa shape index (κ1) is 15.0. The lowest BCUT2D eigenvalue weighted by atomic mass is 10.0. The average molecular weight is 306 g/mol. The highest BCUT2D eigenvalue weighted by Gasteiger charge is 2.70. The predicted octanol–water partition coefficient (Wildman–Crippen LogP) is 3.78. The lowest BCUT2D eigenvalue weighted by molar-refractivity contribution is -0.131. The summed E-state index contributed by atoms with van der Waals surface area (Å²) in [4.78, 5) is 16.3. The van der Waals surface area contributed by atoms with Crippen molar-refractivity contribution in [3.05, 3.63) is 22.4 Å². The smallest absolute Gasteiger partial charge is 0.241 e. The highest BCUT2D eigenvalue weighted by molar-refractivity contribution is 7.10. The van der Waals surface area contributed by atoms with E-state index in [2.05, 4.69) is 62.3 Å². The Kier molecular flexibility index (Phi) is 3.45. The van der Waals surface area contributed by atoms with Crippen LogP contribution < -0.4 is 5.32 Å². The number of rotatable bonds is 4. The molecule has 1 saturated carbocycles. The molecule has 0 radical (unpaired) electrons. The maximum absolute atomic E-state index is 12.9. The summed E-state index contributed by atoms with van der Waals surface area (Å²) >= 11 is 1.74. The van der Waals surface area contributed by atoms with Gasteiger partial charge in [-0.2, -0.15) is 0 Å². The van der Waals surface area contributed by atoms with Gasteiger partial charge in [0.15, 0.2) is 0 Å². The van der Waals surface area contributed by atoms with Crippen molar-refractivity contribution in [2.24, 2.45) is 10.8 Å². The van der Waals surface area contributed by atoms with Gasteiger partial charge < -0.3 is 4.90 Å². The highest BCUT2D eigenvalue weighted by atomic mass is 32.1. The molecule has 1 aliphatic carbocycles. The number of nitrogens with zero attached hydrogens (tertiary/aromatic N) is 1. The Balaban J connectivity index is 1.93. The van der Waals surface area contributed by atoms with E-state index in [0.717, 1.165) is 12.8 Å². The van der Waals surface area contributed by atoms with Crippen molar-refractivity contribution >= 4 is 17.2 Å². The summed E-state index contributed by atoms with van der Waals surface area (Å²) in [6, 6.07) is 4.51. The van der Waals surface area contributed by atoms with Crippen LogP contribution in [-0.4, -0.2) is 22.9 Å². The molecule has 21 heavy (non-hydrogen) atoms. The third-order valence-corrected chi connectivity index (χ3v) is 6.73. The van der Waals surface area contributed by atoms with Gasteiger partial charge in [-0.25, -0.2) is 0 Å². The van der Waals surface area contributed by atoms with E-state index in [1.807, 2.05) is 0 Å². The first-order valence-corrected chi connectivity index (χ1v) is 8.82. The number of carbonyl (C=O) groups excluding carboxylic acids is 1. The summed E-state index contributed by atoms with van der Waals surface area (Å²) in [6.45, 7) is 11.3. The van der Waals surface area contributed by atoms with Crippen molar-refractivity contribution < 1.29 is 4.79 Å². The standard InChI is InChI=1S/C17H26N2OS/c1-6-8-11-14(20)19(15-16(2,3)17(15,4)5)13(18-11)12-9-7-10-21-12/h7,9-11,13,15,18H,6,8H2,1-5H3. The number of thiophene rings is 1. The van der Waals surface area contributed by atoms with Crippen LogP contribution in [0.15, 0.2) is 17.5 Å². The van der Waals surface area contributed by atoms with Gasteiger partial charge in [-0.05, 0) is 28.7 Å². The van der Waals surface area contributed by atoms with E-state index >= 15 is 0 Å². The second kappa shape index (κ2) is 4.82. The fourth-order valence-corrected chi connectivity index (χ4v) is 4.73. The first-order chi connectivity index (χ1) is 9.82. The van der Waals surface area contributed by atoms with Crippen LogP contribution in [0.2, 0.25) is 0 Å². The number of hydrogen-bond acceptors (Lipinski definition) is 3. The minimum absolute atomic E-state index is 0.0192. The van der Waals surface area contributed by atoms with Gasteiger partial charge in [-0.1, -0.05) is 47.1 Å². The summed E-state index contributed by atoms with van der Waals surface area (Å²) in [5.41, 5.74) is 0.363. The zero-order valence-electron chi connectivity index (χ0n) is 13.6. The fourth-order valence-electron chi connectivity index (χ4n) is 3.94. The van der Waals surface area contributed by atoms with Crippen molar-refractivity contribution in [2.45, 2.75) is 65.7 Å². The monoisotopic (exact) mass is 306 g/mol. The topological polar surface area (TPSA) is 32.3 Å². The van der Waals surface area contributed by atoms with Crippen LogP contribution >= 0.6 is 11.3 Å². The largest absolute Gasteiger partial charge is 0.317 e. The van der Waals surface area contributed by atoms with Crippen LogP contribution in [0.1, 0.15) is 58.5 Å². The van der Waals surface area contributed by atoms with E-state index in [-0.39, 0.29) is 23.0 Å². The third kappa shape index (κ3) is 2.07. The minimum Gasteiger partial charge on any atom is -0.317 e. The Labute approximate surface area is 131 Å². The van der Waals surface area contributed by atoms with E-state index in [9.17, 15) is 4.79 Å².